The largest absolute Gasteiger partial charge is 0.508 e. The Hall–Kier alpha value is -3.34. The molecule has 8 nitrogen and oxygen atoms in total. The Labute approximate surface area is 252 Å². The number of fused-ring (bicyclic) bond motifs is 5. The number of halogens is 3. The number of aliphatic hydroxyl groups excluding tert-OH is 1. The maximum Gasteiger partial charge on any atom is 0.319 e. The van der Waals surface area contributed by atoms with Crippen molar-refractivity contribution in [3.05, 3.63) is 47.1 Å². The molecule has 3 unspecified atom stereocenters. The third-order valence-corrected chi connectivity index (χ3v) is 10.5. The van der Waals surface area contributed by atoms with Gasteiger partial charge in [-0.25, -0.2) is 8.78 Å². The Balaban J connectivity index is 1.27. The van der Waals surface area contributed by atoms with Crippen LogP contribution < -0.4 is 9.64 Å². The minimum atomic E-state index is -0.736. The van der Waals surface area contributed by atoms with Crippen molar-refractivity contribution in [1.82, 2.24) is 19.9 Å². The van der Waals surface area contributed by atoms with E-state index in [1.54, 1.807) is 0 Å². The zero-order valence-electron chi connectivity index (χ0n) is 23.6. The molecule has 3 atom stereocenters. The summed E-state index contributed by atoms with van der Waals surface area (Å²) in [6, 6.07) is 5.57. The summed E-state index contributed by atoms with van der Waals surface area (Å²) < 4.78 is 37.5. The summed E-state index contributed by atoms with van der Waals surface area (Å²) >= 11 is 6.36. The van der Waals surface area contributed by atoms with Crippen LogP contribution >= 0.6 is 11.6 Å². The fourth-order valence-electron chi connectivity index (χ4n) is 8.15. The normalized spacial score (nSPS) is 24.7. The molecule has 2 N–H and O–H groups in total. The molecule has 5 heterocycles. The maximum absolute atomic E-state index is 16.7. The standard InChI is InChI=1S/C32H32ClF2N5O3/c33-26-23(34)4-3-18-11-20(41)12-21(25(18)26)28-27(35)29-22(13-36-28)30(39-14-17-9-19(15-39)24(42)10-17)38-31(37-29)43-16-32-5-1-7-40(32)8-2-6-32/h3-4,11-13,17,19,24,41-42H,1-2,5-10,14-16H2. The Kier molecular flexibility index (Phi) is 6.40. The van der Waals surface area contributed by atoms with Crippen LogP contribution in [0.1, 0.15) is 38.5 Å². The predicted molar refractivity (Wildman–Crippen MR) is 160 cm³/mol. The molecule has 2 bridgehead atoms. The number of nitrogens with zero attached hydrogens (tertiary/aromatic N) is 5. The number of phenolic OH excluding ortho intramolecular Hbond substituents is 1. The first-order valence-electron chi connectivity index (χ1n) is 15.1. The van der Waals surface area contributed by atoms with Crippen molar-refractivity contribution in [3.63, 3.8) is 0 Å². The summed E-state index contributed by atoms with van der Waals surface area (Å²) in [7, 11) is 0. The number of phenols is 1. The van der Waals surface area contributed by atoms with E-state index in [-0.39, 0.29) is 56.5 Å². The lowest BCUT2D eigenvalue weighted by Crippen LogP contribution is -2.43. The minimum Gasteiger partial charge on any atom is -0.508 e. The van der Waals surface area contributed by atoms with Crippen molar-refractivity contribution in [2.45, 2.75) is 50.2 Å². The van der Waals surface area contributed by atoms with Crippen molar-refractivity contribution in [2.75, 3.05) is 37.7 Å². The first-order valence-corrected chi connectivity index (χ1v) is 15.5. The molecule has 2 aromatic carbocycles. The predicted octanol–water partition coefficient (Wildman–Crippen LogP) is 5.70. The first-order chi connectivity index (χ1) is 20.8. The molecule has 8 rings (SSSR count). The van der Waals surface area contributed by atoms with Crippen LogP contribution in [-0.4, -0.2) is 74.5 Å². The average molecular weight is 608 g/mol. The van der Waals surface area contributed by atoms with Crippen LogP contribution in [0.3, 0.4) is 0 Å². The summed E-state index contributed by atoms with van der Waals surface area (Å²) in [5, 5.41) is 22.0. The van der Waals surface area contributed by atoms with E-state index < -0.39 is 11.6 Å². The van der Waals surface area contributed by atoms with Crippen molar-refractivity contribution in [1.29, 1.82) is 0 Å². The monoisotopic (exact) mass is 607 g/mol. The molecule has 4 aromatic rings. The smallest absolute Gasteiger partial charge is 0.319 e. The summed E-state index contributed by atoms with van der Waals surface area (Å²) in [5.41, 5.74) is 0.0320. The van der Waals surface area contributed by atoms with E-state index in [4.69, 9.17) is 21.3 Å². The van der Waals surface area contributed by atoms with E-state index in [1.165, 1.54) is 30.5 Å². The number of anilines is 1. The zero-order valence-corrected chi connectivity index (χ0v) is 24.3. The third kappa shape index (κ3) is 4.40. The lowest BCUT2D eigenvalue weighted by Gasteiger charge is -2.34. The Morgan fingerprint density at radius 2 is 1.88 bits per heavy atom. The molecule has 4 aliphatic rings. The highest BCUT2D eigenvalue weighted by Crippen LogP contribution is 2.43. The molecular weight excluding hydrogens is 576 g/mol. The van der Waals surface area contributed by atoms with E-state index >= 15 is 4.39 Å². The van der Waals surface area contributed by atoms with Gasteiger partial charge >= 0.3 is 6.01 Å². The Bertz CT molecular complexity index is 1760. The highest BCUT2D eigenvalue weighted by Gasteiger charge is 2.45. The number of aromatic nitrogens is 3. The SMILES string of the molecule is Oc1cc(-c2ncc3c(N4CC5CC(O)C(C5)C4)nc(OCC45CCCN4CCC5)nc3c2F)c2c(Cl)c(F)ccc2c1. The quantitative estimate of drug-likeness (QED) is 0.299. The van der Waals surface area contributed by atoms with Crippen molar-refractivity contribution >= 4 is 39.1 Å². The number of rotatable bonds is 5. The van der Waals surface area contributed by atoms with Crippen LogP contribution in [0, 0.1) is 23.5 Å². The topological polar surface area (TPSA) is 94.8 Å². The van der Waals surface area contributed by atoms with Gasteiger partial charge in [0.05, 0.1) is 22.1 Å². The van der Waals surface area contributed by atoms with Gasteiger partial charge in [0.25, 0.3) is 0 Å². The molecule has 3 saturated heterocycles. The number of aliphatic hydroxyl groups is 1. The molecular formula is C32H32ClF2N5O3. The van der Waals surface area contributed by atoms with Crippen LogP contribution in [-0.2, 0) is 0 Å². The fraction of sp³-hybridized carbons (Fsp3) is 0.469. The number of piperidine rings is 1. The molecule has 0 spiro atoms. The van der Waals surface area contributed by atoms with Crippen LogP contribution in [0.4, 0.5) is 14.6 Å². The van der Waals surface area contributed by atoms with Crippen molar-refractivity contribution < 1.29 is 23.7 Å². The number of pyridine rings is 1. The van der Waals surface area contributed by atoms with Crippen LogP contribution in [0.5, 0.6) is 11.8 Å². The number of benzene rings is 2. The van der Waals surface area contributed by atoms with Crippen molar-refractivity contribution in [2.24, 2.45) is 11.8 Å². The van der Waals surface area contributed by atoms with Gasteiger partial charge in [-0.3, -0.25) is 9.88 Å². The summed E-state index contributed by atoms with van der Waals surface area (Å²) in [6.07, 6.45) is 7.20. The summed E-state index contributed by atoms with van der Waals surface area (Å²) in [6.45, 7) is 3.81. The van der Waals surface area contributed by atoms with Crippen molar-refractivity contribution in [3.8, 4) is 23.0 Å². The molecule has 1 saturated carbocycles. The molecule has 224 valence electrons. The number of aromatic hydroxyl groups is 1. The van der Waals surface area contributed by atoms with Gasteiger partial charge in [-0.2, -0.15) is 9.97 Å². The number of hydrogen-bond acceptors (Lipinski definition) is 8. The van der Waals surface area contributed by atoms with E-state index in [1.807, 2.05) is 0 Å². The van der Waals surface area contributed by atoms with E-state index in [9.17, 15) is 14.6 Å². The molecule has 0 radical (unpaired) electrons. The minimum absolute atomic E-state index is 0.0275. The van der Waals surface area contributed by atoms with Crippen LogP contribution in [0.2, 0.25) is 5.02 Å². The van der Waals surface area contributed by atoms with Gasteiger partial charge in [0.1, 0.15) is 35.2 Å². The van der Waals surface area contributed by atoms with E-state index in [2.05, 4.69) is 19.8 Å². The molecule has 0 amide bonds. The lowest BCUT2D eigenvalue weighted by atomic mass is 9.95. The summed E-state index contributed by atoms with van der Waals surface area (Å²) in [4.78, 5) is 18.5. The number of hydrogen-bond donors (Lipinski definition) is 2. The van der Waals surface area contributed by atoms with Gasteiger partial charge < -0.3 is 19.8 Å². The molecule has 4 fully saturated rings. The van der Waals surface area contributed by atoms with Gasteiger partial charge in [0, 0.05) is 36.2 Å². The lowest BCUT2D eigenvalue weighted by molar-refractivity contribution is 0.108. The van der Waals surface area contributed by atoms with Gasteiger partial charge in [0.2, 0.25) is 0 Å². The highest BCUT2D eigenvalue weighted by atomic mass is 35.5. The summed E-state index contributed by atoms with van der Waals surface area (Å²) in [5.74, 6) is -0.556. The second-order valence-corrected chi connectivity index (χ2v) is 13.1. The molecule has 3 aliphatic heterocycles. The molecule has 43 heavy (non-hydrogen) atoms. The first kappa shape index (κ1) is 27.2. The maximum atomic E-state index is 16.7. The zero-order chi connectivity index (χ0) is 29.5. The van der Waals surface area contributed by atoms with Crippen LogP contribution in [0.15, 0.2) is 30.5 Å². The van der Waals surface area contributed by atoms with Gasteiger partial charge in [-0.05, 0) is 81.1 Å². The van der Waals surface area contributed by atoms with E-state index in [0.717, 1.165) is 51.6 Å². The molecule has 1 aliphatic carbocycles. The highest BCUT2D eigenvalue weighted by molar-refractivity contribution is 6.37. The number of ether oxygens (including phenoxy) is 1. The molecule has 2 aromatic heterocycles. The third-order valence-electron chi connectivity index (χ3n) is 10.2. The van der Waals surface area contributed by atoms with Crippen LogP contribution in [0.25, 0.3) is 32.9 Å². The fourth-order valence-corrected chi connectivity index (χ4v) is 8.42. The van der Waals surface area contributed by atoms with Gasteiger partial charge in [-0.1, -0.05) is 17.7 Å². The second kappa shape index (κ2) is 10.1. The average Bonchev–Trinajstić information content (AvgIpc) is 3.65. The van der Waals surface area contributed by atoms with E-state index in [0.29, 0.717) is 42.2 Å². The Morgan fingerprint density at radius 3 is 2.67 bits per heavy atom. The second-order valence-electron chi connectivity index (χ2n) is 12.7. The van der Waals surface area contributed by atoms with Gasteiger partial charge in [-0.15, -0.1) is 0 Å². The van der Waals surface area contributed by atoms with Gasteiger partial charge in [0.15, 0.2) is 5.82 Å². The Morgan fingerprint density at radius 1 is 1.07 bits per heavy atom. The molecule has 11 heteroatoms.